The second-order valence-corrected chi connectivity index (χ2v) is 11.1. The van der Waals surface area contributed by atoms with Crippen LogP contribution in [0.5, 0.6) is 0 Å². The molecule has 0 amide bonds. The molecule has 2 bridgehead atoms. The summed E-state index contributed by atoms with van der Waals surface area (Å²) < 4.78 is 5.95. The predicted octanol–water partition coefficient (Wildman–Crippen LogP) is 4.14. The minimum absolute atomic E-state index is 0.0760. The number of rotatable bonds is 5. The number of carbonyl (C=O) groups is 1. The van der Waals surface area contributed by atoms with Gasteiger partial charge >= 0.3 is 0 Å². The van der Waals surface area contributed by atoms with E-state index in [4.69, 9.17) is 4.43 Å². The summed E-state index contributed by atoms with van der Waals surface area (Å²) >= 11 is 0. The Morgan fingerprint density at radius 3 is 2.67 bits per heavy atom. The second-order valence-electron chi connectivity index (χ2n) is 6.86. The summed E-state index contributed by atoms with van der Waals surface area (Å²) in [5, 5.41) is 0. The Morgan fingerprint density at radius 1 is 1.44 bits per heavy atom. The van der Waals surface area contributed by atoms with Gasteiger partial charge in [0.15, 0.2) is 0 Å². The molecule has 2 aliphatic carbocycles. The van der Waals surface area contributed by atoms with Crippen molar-refractivity contribution in [1.82, 2.24) is 0 Å². The Morgan fingerprint density at radius 2 is 2.17 bits per heavy atom. The van der Waals surface area contributed by atoms with E-state index < -0.39 is 8.32 Å². The molecular formula is C15H26O2Si. The summed E-state index contributed by atoms with van der Waals surface area (Å²) in [4.78, 5) is 12.5. The van der Waals surface area contributed by atoms with Gasteiger partial charge in [0, 0.05) is 0 Å². The molecule has 18 heavy (non-hydrogen) atoms. The van der Waals surface area contributed by atoms with E-state index in [9.17, 15) is 4.79 Å². The largest absolute Gasteiger partial charge is 0.519 e. The highest BCUT2D eigenvalue weighted by Crippen LogP contribution is 2.52. The molecule has 0 spiro atoms. The maximum atomic E-state index is 12.5. The van der Waals surface area contributed by atoms with Crippen molar-refractivity contribution in [2.75, 3.05) is 0 Å². The van der Waals surface area contributed by atoms with E-state index in [2.05, 4.69) is 39.1 Å². The van der Waals surface area contributed by atoms with Gasteiger partial charge in [0.05, 0.1) is 5.41 Å². The summed E-state index contributed by atoms with van der Waals surface area (Å²) in [6.45, 7) is 8.64. The first-order chi connectivity index (χ1) is 8.37. The summed E-state index contributed by atoms with van der Waals surface area (Å²) in [6.07, 6.45) is 9.01. The van der Waals surface area contributed by atoms with Crippen LogP contribution in [-0.4, -0.2) is 14.3 Å². The fraction of sp³-hybridized carbons (Fsp3) is 0.800. The molecule has 3 heteroatoms. The molecule has 2 rings (SSSR count). The third kappa shape index (κ3) is 2.56. The van der Waals surface area contributed by atoms with Gasteiger partial charge in [-0.2, -0.15) is 0 Å². The lowest BCUT2D eigenvalue weighted by atomic mass is 9.78. The van der Waals surface area contributed by atoms with E-state index in [1.165, 1.54) is 12.8 Å². The molecule has 3 unspecified atom stereocenters. The predicted molar refractivity (Wildman–Crippen MR) is 76.8 cm³/mol. The van der Waals surface area contributed by atoms with Crippen molar-refractivity contribution in [3.05, 3.63) is 12.2 Å². The Bertz CT molecular complexity index is 362. The molecule has 0 aliphatic heterocycles. The fourth-order valence-electron chi connectivity index (χ4n) is 3.35. The van der Waals surface area contributed by atoms with Gasteiger partial charge in [-0.1, -0.05) is 31.9 Å². The Balaban J connectivity index is 1.98. The first-order valence-corrected chi connectivity index (χ1v) is 10.4. The summed E-state index contributed by atoms with van der Waals surface area (Å²) in [7, 11) is -1.80. The van der Waals surface area contributed by atoms with Crippen LogP contribution in [0.25, 0.3) is 0 Å². The van der Waals surface area contributed by atoms with Crippen molar-refractivity contribution in [2.45, 2.75) is 58.7 Å². The van der Waals surface area contributed by atoms with E-state index in [0.717, 1.165) is 18.9 Å². The van der Waals surface area contributed by atoms with E-state index >= 15 is 0 Å². The monoisotopic (exact) mass is 266 g/mol. The standard InChI is InChI=1S/C15H26O2Si/c1-5-6-9-18(3,4)17-14(16)15(2)11-12-7-8-13(15)10-12/h7-8,12-13H,5-6,9-11H2,1-4H3. The van der Waals surface area contributed by atoms with Crippen LogP contribution in [0.3, 0.4) is 0 Å². The van der Waals surface area contributed by atoms with Gasteiger partial charge in [0.25, 0.3) is 5.97 Å². The molecule has 2 nitrogen and oxygen atoms in total. The molecule has 1 saturated carbocycles. The van der Waals surface area contributed by atoms with Crippen molar-refractivity contribution in [3.8, 4) is 0 Å². The molecule has 0 aromatic heterocycles. The number of fused-ring (bicyclic) bond motifs is 2. The van der Waals surface area contributed by atoms with E-state index in [-0.39, 0.29) is 11.4 Å². The third-order valence-corrected chi connectivity index (χ3v) is 6.94. The molecule has 0 heterocycles. The zero-order valence-corrected chi connectivity index (χ0v) is 13.2. The summed E-state index contributed by atoms with van der Waals surface area (Å²) in [6, 6.07) is 1.09. The van der Waals surface area contributed by atoms with Gasteiger partial charge in [0.2, 0.25) is 8.32 Å². The van der Waals surface area contributed by atoms with Gasteiger partial charge in [-0.25, -0.2) is 0 Å². The van der Waals surface area contributed by atoms with Gasteiger partial charge in [0.1, 0.15) is 0 Å². The summed E-state index contributed by atoms with van der Waals surface area (Å²) in [5.41, 5.74) is -0.240. The Hall–Kier alpha value is -0.573. The Kier molecular flexibility index (Phi) is 3.72. The van der Waals surface area contributed by atoms with E-state index in [0.29, 0.717) is 11.8 Å². The minimum Gasteiger partial charge on any atom is -0.519 e. The van der Waals surface area contributed by atoms with Crippen molar-refractivity contribution >= 4 is 14.3 Å². The topological polar surface area (TPSA) is 26.3 Å². The van der Waals surface area contributed by atoms with Crippen LogP contribution >= 0.6 is 0 Å². The normalized spacial score (nSPS) is 34.0. The Labute approximate surface area is 112 Å². The van der Waals surface area contributed by atoms with Crippen LogP contribution in [0.2, 0.25) is 19.1 Å². The highest BCUT2D eigenvalue weighted by Gasteiger charge is 2.51. The van der Waals surface area contributed by atoms with Crippen molar-refractivity contribution < 1.29 is 9.22 Å². The highest BCUT2D eigenvalue weighted by molar-refractivity contribution is 6.72. The quantitative estimate of drug-likeness (QED) is 0.552. The van der Waals surface area contributed by atoms with Crippen LogP contribution in [0.15, 0.2) is 12.2 Å². The second kappa shape index (κ2) is 4.84. The van der Waals surface area contributed by atoms with Crippen LogP contribution in [0, 0.1) is 17.3 Å². The van der Waals surface area contributed by atoms with Crippen molar-refractivity contribution in [1.29, 1.82) is 0 Å². The first-order valence-electron chi connectivity index (χ1n) is 7.29. The van der Waals surface area contributed by atoms with E-state index in [1.54, 1.807) is 0 Å². The number of allylic oxidation sites excluding steroid dienone is 2. The lowest BCUT2D eigenvalue weighted by Gasteiger charge is -2.33. The molecule has 3 atom stereocenters. The van der Waals surface area contributed by atoms with Crippen LogP contribution in [-0.2, 0) is 9.22 Å². The fourth-order valence-corrected chi connectivity index (χ4v) is 5.39. The van der Waals surface area contributed by atoms with Crippen molar-refractivity contribution in [3.63, 3.8) is 0 Å². The van der Waals surface area contributed by atoms with Crippen molar-refractivity contribution in [2.24, 2.45) is 17.3 Å². The van der Waals surface area contributed by atoms with Crippen LogP contribution in [0.4, 0.5) is 0 Å². The lowest BCUT2D eigenvalue weighted by molar-refractivity contribution is -0.147. The zero-order chi connectivity index (χ0) is 13.4. The molecular weight excluding hydrogens is 240 g/mol. The summed E-state index contributed by atoms with van der Waals surface area (Å²) in [5.74, 6) is 1.12. The molecule has 0 radical (unpaired) electrons. The molecule has 1 fully saturated rings. The SMILES string of the molecule is CCCC[Si](C)(C)OC(=O)C1(C)CC2C=CC1C2. The number of carbonyl (C=O) groups excluding carboxylic acids is 1. The number of hydrogen-bond acceptors (Lipinski definition) is 2. The van der Waals surface area contributed by atoms with Crippen LogP contribution < -0.4 is 0 Å². The molecule has 0 aromatic rings. The molecule has 2 aliphatic rings. The molecule has 102 valence electrons. The third-order valence-electron chi connectivity index (χ3n) is 4.64. The van der Waals surface area contributed by atoms with Gasteiger partial charge < -0.3 is 4.43 Å². The number of unbranched alkanes of at least 4 members (excludes halogenated alkanes) is 1. The number of hydrogen-bond donors (Lipinski definition) is 0. The van der Waals surface area contributed by atoms with E-state index in [1.807, 2.05) is 0 Å². The lowest BCUT2D eigenvalue weighted by Crippen LogP contribution is -2.42. The molecule has 0 aromatic carbocycles. The van der Waals surface area contributed by atoms with Gasteiger partial charge in [-0.15, -0.1) is 0 Å². The zero-order valence-electron chi connectivity index (χ0n) is 12.2. The maximum absolute atomic E-state index is 12.5. The van der Waals surface area contributed by atoms with Gasteiger partial charge in [-0.05, 0) is 50.7 Å². The smallest absolute Gasteiger partial charge is 0.299 e. The first kappa shape index (κ1) is 13.8. The highest BCUT2D eigenvalue weighted by atomic mass is 28.4. The maximum Gasteiger partial charge on any atom is 0.299 e. The average Bonchev–Trinajstić information content (AvgIpc) is 2.86. The van der Waals surface area contributed by atoms with Crippen LogP contribution in [0.1, 0.15) is 39.5 Å². The molecule has 0 saturated heterocycles. The average molecular weight is 266 g/mol. The van der Waals surface area contributed by atoms with Gasteiger partial charge in [-0.3, -0.25) is 4.79 Å². The molecule has 0 N–H and O–H groups in total. The minimum atomic E-state index is -1.80.